The van der Waals surface area contributed by atoms with Crippen LogP contribution in [0, 0.1) is 0 Å². The van der Waals surface area contributed by atoms with Gasteiger partial charge in [0, 0.05) is 0 Å². The Bertz CT molecular complexity index is 119. The Hall–Kier alpha value is -1.14. The first-order valence-electron chi connectivity index (χ1n) is 2.50. The van der Waals surface area contributed by atoms with Crippen molar-refractivity contribution in [1.29, 1.82) is 0 Å². The predicted octanol–water partition coefficient (Wildman–Crippen LogP) is -2.88. The van der Waals surface area contributed by atoms with Crippen molar-refractivity contribution in [2.75, 3.05) is 13.5 Å². The van der Waals surface area contributed by atoms with Gasteiger partial charge in [-0.15, -0.1) is 0 Å². The van der Waals surface area contributed by atoms with Gasteiger partial charge in [-0.25, -0.2) is 0 Å². The number of hydrogen-bond acceptors (Lipinski definition) is 4. The molecule has 0 saturated heterocycles. The van der Waals surface area contributed by atoms with Gasteiger partial charge in [-0.1, -0.05) is 0 Å². The summed E-state index contributed by atoms with van der Waals surface area (Å²) in [5, 5.41) is 19.8. The summed E-state index contributed by atoms with van der Waals surface area (Å²) < 4.78 is 0. The topological polar surface area (TPSA) is 98.7 Å². The predicted molar refractivity (Wildman–Crippen MR) is 30.5 cm³/mol. The van der Waals surface area contributed by atoms with Crippen LogP contribution in [0.3, 0.4) is 0 Å². The van der Waals surface area contributed by atoms with E-state index in [2.05, 4.69) is 0 Å². The van der Waals surface area contributed by atoms with Crippen LogP contribution < -0.4 is 10.6 Å². The average molecular weight is 148 g/mol. The summed E-state index contributed by atoms with van der Waals surface area (Å²) >= 11 is 0. The summed E-state index contributed by atoms with van der Waals surface area (Å²) in [5.41, 5.74) is 0. The highest BCUT2D eigenvalue weighted by molar-refractivity contribution is 6.35. The fourth-order valence-electron chi connectivity index (χ4n) is 0.304. The molecular formula is C4H8N2O4. The molecular weight excluding hydrogens is 140 g/mol. The zero-order valence-electron chi connectivity index (χ0n) is 5.13. The van der Waals surface area contributed by atoms with Crippen LogP contribution in [0.2, 0.25) is 0 Å². The Labute approximate surface area is 56.8 Å². The highest BCUT2D eigenvalue weighted by atomic mass is 16.3. The second kappa shape index (κ2) is 4.71. The molecule has 58 valence electrons. The van der Waals surface area contributed by atoms with Crippen molar-refractivity contribution >= 4 is 11.8 Å². The van der Waals surface area contributed by atoms with Gasteiger partial charge in [-0.05, 0) is 0 Å². The minimum atomic E-state index is -0.975. The Kier molecular flexibility index (Phi) is 4.17. The van der Waals surface area contributed by atoms with Gasteiger partial charge in [0.1, 0.15) is 13.5 Å². The van der Waals surface area contributed by atoms with Crippen molar-refractivity contribution in [2.24, 2.45) is 0 Å². The van der Waals surface area contributed by atoms with Gasteiger partial charge in [0.05, 0.1) is 0 Å². The molecule has 0 aliphatic carbocycles. The molecule has 0 rings (SSSR count). The van der Waals surface area contributed by atoms with Crippen LogP contribution in [0.15, 0.2) is 0 Å². The Morgan fingerprint density at radius 3 is 1.50 bits per heavy atom. The van der Waals surface area contributed by atoms with Crippen molar-refractivity contribution in [1.82, 2.24) is 10.6 Å². The maximum atomic E-state index is 10.3. The van der Waals surface area contributed by atoms with Crippen molar-refractivity contribution in [2.45, 2.75) is 0 Å². The molecule has 0 bridgehead atoms. The summed E-state index contributed by atoms with van der Waals surface area (Å²) in [6.07, 6.45) is 0. The lowest BCUT2D eigenvalue weighted by molar-refractivity contribution is -0.140. The lowest BCUT2D eigenvalue weighted by Gasteiger charge is -1.99. The Morgan fingerprint density at radius 1 is 1.00 bits per heavy atom. The average Bonchev–Trinajstić information content (AvgIpc) is 1.89. The summed E-state index contributed by atoms with van der Waals surface area (Å²) in [4.78, 5) is 20.7. The van der Waals surface area contributed by atoms with E-state index in [-0.39, 0.29) is 0 Å². The van der Waals surface area contributed by atoms with Crippen LogP contribution in [-0.4, -0.2) is 35.5 Å². The van der Waals surface area contributed by atoms with E-state index in [1.165, 1.54) is 0 Å². The van der Waals surface area contributed by atoms with E-state index < -0.39 is 25.3 Å². The van der Waals surface area contributed by atoms with Crippen LogP contribution in [0.25, 0.3) is 0 Å². The molecule has 6 heteroatoms. The molecule has 0 unspecified atom stereocenters. The van der Waals surface area contributed by atoms with E-state index in [4.69, 9.17) is 10.2 Å². The molecule has 0 fully saturated rings. The molecule has 10 heavy (non-hydrogen) atoms. The van der Waals surface area contributed by atoms with E-state index in [1.807, 2.05) is 10.6 Å². The Balaban J connectivity index is 3.60. The minimum absolute atomic E-state index is 0.600. The zero-order chi connectivity index (χ0) is 7.98. The molecule has 4 N–H and O–H groups in total. The first-order chi connectivity index (χ1) is 4.72. The standard InChI is InChI=1S/C4H8N2O4/c7-1-5-3(9)4(10)6-2-8/h7-8H,1-2H2,(H,5,9)(H,6,10). The van der Waals surface area contributed by atoms with Crippen molar-refractivity contribution < 1.29 is 19.8 Å². The summed E-state index contributed by atoms with van der Waals surface area (Å²) in [5.74, 6) is -1.95. The number of hydrogen-bond donors (Lipinski definition) is 4. The fourth-order valence-corrected chi connectivity index (χ4v) is 0.304. The van der Waals surface area contributed by atoms with E-state index in [0.29, 0.717) is 0 Å². The van der Waals surface area contributed by atoms with Gasteiger partial charge in [-0.3, -0.25) is 9.59 Å². The van der Waals surface area contributed by atoms with E-state index in [9.17, 15) is 9.59 Å². The molecule has 6 nitrogen and oxygen atoms in total. The first-order valence-corrected chi connectivity index (χ1v) is 2.50. The minimum Gasteiger partial charge on any atom is -0.376 e. The molecule has 0 aliphatic heterocycles. The number of rotatable bonds is 2. The quantitative estimate of drug-likeness (QED) is 0.249. The molecule has 0 aromatic rings. The van der Waals surface area contributed by atoms with Gasteiger partial charge < -0.3 is 20.8 Å². The number of carbonyl (C=O) groups is 2. The van der Waals surface area contributed by atoms with Crippen molar-refractivity contribution in [3.63, 3.8) is 0 Å². The monoisotopic (exact) mass is 148 g/mol. The van der Waals surface area contributed by atoms with Crippen LogP contribution in [0.1, 0.15) is 0 Å². The summed E-state index contributed by atoms with van der Waals surface area (Å²) in [7, 11) is 0. The number of nitrogens with one attached hydrogen (secondary N) is 2. The second-order valence-electron chi connectivity index (χ2n) is 1.33. The van der Waals surface area contributed by atoms with Gasteiger partial charge in [-0.2, -0.15) is 0 Å². The lowest BCUT2D eigenvalue weighted by Crippen LogP contribution is -2.40. The van der Waals surface area contributed by atoms with Crippen LogP contribution >= 0.6 is 0 Å². The number of aliphatic hydroxyl groups excluding tert-OH is 2. The first kappa shape index (κ1) is 8.86. The third-order valence-corrected chi connectivity index (χ3v) is 0.685. The molecule has 0 aromatic heterocycles. The summed E-state index contributed by atoms with van der Waals surface area (Å²) in [6, 6.07) is 0. The SMILES string of the molecule is O=C(NCO)C(=O)NCO. The van der Waals surface area contributed by atoms with Gasteiger partial charge >= 0.3 is 11.8 Å². The maximum Gasteiger partial charge on any atom is 0.311 e. The molecule has 0 radical (unpaired) electrons. The highest BCUT2D eigenvalue weighted by Crippen LogP contribution is 1.64. The fraction of sp³-hybridized carbons (Fsp3) is 0.500. The smallest absolute Gasteiger partial charge is 0.311 e. The van der Waals surface area contributed by atoms with Gasteiger partial charge in [0.2, 0.25) is 0 Å². The zero-order valence-corrected chi connectivity index (χ0v) is 5.13. The van der Waals surface area contributed by atoms with E-state index in [1.54, 1.807) is 0 Å². The highest BCUT2D eigenvalue weighted by Gasteiger charge is 2.09. The summed E-state index contributed by atoms with van der Waals surface area (Å²) in [6.45, 7) is -1.20. The van der Waals surface area contributed by atoms with Crippen LogP contribution in [0.4, 0.5) is 0 Å². The second-order valence-corrected chi connectivity index (χ2v) is 1.33. The normalized spacial score (nSPS) is 8.60. The molecule has 0 aromatic carbocycles. The van der Waals surface area contributed by atoms with Crippen molar-refractivity contribution in [3.8, 4) is 0 Å². The lowest BCUT2D eigenvalue weighted by atomic mass is 10.5. The van der Waals surface area contributed by atoms with Crippen molar-refractivity contribution in [3.05, 3.63) is 0 Å². The molecule has 0 atom stereocenters. The van der Waals surface area contributed by atoms with E-state index >= 15 is 0 Å². The largest absolute Gasteiger partial charge is 0.376 e. The van der Waals surface area contributed by atoms with Gasteiger partial charge in [0.15, 0.2) is 0 Å². The van der Waals surface area contributed by atoms with Crippen LogP contribution in [0.5, 0.6) is 0 Å². The molecule has 0 heterocycles. The third-order valence-electron chi connectivity index (χ3n) is 0.685. The van der Waals surface area contributed by atoms with E-state index in [0.717, 1.165) is 0 Å². The molecule has 0 saturated carbocycles. The number of carbonyl (C=O) groups excluding carboxylic acids is 2. The number of aliphatic hydroxyl groups is 2. The maximum absolute atomic E-state index is 10.3. The molecule has 0 aliphatic rings. The van der Waals surface area contributed by atoms with Gasteiger partial charge in [0.25, 0.3) is 0 Å². The number of amides is 2. The molecule has 0 spiro atoms. The van der Waals surface area contributed by atoms with Crippen LogP contribution in [-0.2, 0) is 9.59 Å². The molecule has 2 amide bonds. The Morgan fingerprint density at radius 2 is 1.30 bits per heavy atom. The third kappa shape index (κ3) is 3.00.